The number of benzene rings is 8. The minimum atomic E-state index is 0.684. The lowest BCUT2D eigenvalue weighted by Gasteiger charge is -2.11. The minimum absolute atomic E-state index is 0.684. The molecule has 0 radical (unpaired) electrons. The van der Waals surface area contributed by atoms with Crippen molar-refractivity contribution in [3.05, 3.63) is 200 Å². The summed E-state index contributed by atoms with van der Waals surface area (Å²) >= 11 is 0. The lowest BCUT2D eigenvalue weighted by molar-refractivity contribution is 0.669. The Labute approximate surface area is 323 Å². The average Bonchev–Trinajstić information content (AvgIpc) is 3.82. The summed E-state index contributed by atoms with van der Waals surface area (Å²) in [6.45, 7) is 0. The highest BCUT2D eigenvalue weighted by Crippen LogP contribution is 2.40. The lowest BCUT2D eigenvalue weighted by atomic mass is 9.96. The summed E-state index contributed by atoms with van der Waals surface area (Å²) in [7, 11) is 0. The molecule has 0 unspecified atom stereocenters. The van der Waals surface area contributed by atoms with Gasteiger partial charge in [0.2, 0.25) is 0 Å². The molecule has 0 saturated heterocycles. The summed E-state index contributed by atoms with van der Waals surface area (Å²) in [5, 5.41) is 4.65. The third-order valence-corrected chi connectivity index (χ3v) is 10.8. The molecule has 0 amide bonds. The van der Waals surface area contributed by atoms with Gasteiger partial charge in [-0.15, -0.1) is 0 Å². The first-order valence-corrected chi connectivity index (χ1v) is 18.9. The molecule has 56 heavy (non-hydrogen) atoms. The summed E-state index contributed by atoms with van der Waals surface area (Å²) in [6, 6.07) is 70.2. The third kappa shape index (κ3) is 5.39. The molecule has 0 atom stereocenters. The van der Waals surface area contributed by atoms with Crippen LogP contribution in [0, 0.1) is 0 Å². The Balaban J connectivity index is 1.02. The molecule has 4 heteroatoms. The van der Waals surface area contributed by atoms with E-state index in [-0.39, 0.29) is 0 Å². The summed E-state index contributed by atoms with van der Waals surface area (Å²) in [5.41, 5.74) is 14.5. The molecule has 0 N–H and O–H groups in total. The molecule has 0 saturated carbocycles. The Hall–Kier alpha value is -7.56. The van der Waals surface area contributed by atoms with Gasteiger partial charge in [0.15, 0.2) is 5.82 Å². The van der Waals surface area contributed by atoms with Crippen molar-refractivity contribution < 1.29 is 4.42 Å². The van der Waals surface area contributed by atoms with Crippen LogP contribution in [0.15, 0.2) is 205 Å². The van der Waals surface area contributed by atoms with E-state index in [9.17, 15) is 0 Å². The van der Waals surface area contributed by atoms with Crippen LogP contribution in [-0.4, -0.2) is 14.5 Å². The van der Waals surface area contributed by atoms with E-state index in [0.717, 1.165) is 78.0 Å². The van der Waals surface area contributed by atoms with Crippen molar-refractivity contribution in [3.8, 4) is 61.8 Å². The Kier molecular flexibility index (Phi) is 7.46. The van der Waals surface area contributed by atoms with Crippen LogP contribution in [0.25, 0.3) is 106 Å². The topological polar surface area (TPSA) is 43.9 Å². The van der Waals surface area contributed by atoms with E-state index in [1.54, 1.807) is 0 Å². The fourth-order valence-electron chi connectivity index (χ4n) is 8.17. The van der Waals surface area contributed by atoms with Gasteiger partial charge in [0, 0.05) is 43.9 Å². The van der Waals surface area contributed by atoms with Crippen LogP contribution in [0.4, 0.5) is 0 Å². The lowest BCUT2D eigenvalue weighted by Crippen LogP contribution is -1.96. The molecule has 0 aliphatic carbocycles. The van der Waals surface area contributed by atoms with Crippen LogP contribution < -0.4 is 0 Å². The van der Waals surface area contributed by atoms with Gasteiger partial charge in [0.25, 0.3) is 0 Å². The number of hydrogen-bond donors (Lipinski definition) is 0. The summed E-state index contributed by atoms with van der Waals surface area (Å²) in [6.07, 6.45) is 0. The zero-order valence-electron chi connectivity index (χ0n) is 30.3. The van der Waals surface area contributed by atoms with Gasteiger partial charge in [-0.25, -0.2) is 9.97 Å². The van der Waals surface area contributed by atoms with Crippen molar-refractivity contribution in [2.45, 2.75) is 0 Å². The molecule has 0 fully saturated rings. The van der Waals surface area contributed by atoms with Crippen LogP contribution >= 0.6 is 0 Å². The quantitative estimate of drug-likeness (QED) is 0.172. The molecule has 11 rings (SSSR count). The zero-order valence-corrected chi connectivity index (χ0v) is 30.3. The van der Waals surface area contributed by atoms with Gasteiger partial charge in [0.05, 0.1) is 22.4 Å². The molecule has 11 aromatic rings. The third-order valence-electron chi connectivity index (χ3n) is 10.8. The van der Waals surface area contributed by atoms with Crippen LogP contribution in [0.1, 0.15) is 0 Å². The first-order chi connectivity index (χ1) is 27.7. The number of aromatic nitrogens is 3. The smallest absolute Gasteiger partial charge is 0.160 e. The van der Waals surface area contributed by atoms with Crippen molar-refractivity contribution in [2.24, 2.45) is 0 Å². The van der Waals surface area contributed by atoms with Crippen LogP contribution in [0.5, 0.6) is 0 Å². The summed E-state index contributed by atoms with van der Waals surface area (Å²) in [5.74, 6) is 0.684. The second-order valence-electron chi connectivity index (χ2n) is 14.2. The Bertz CT molecular complexity index is 3180. The van der Waals surface area contributed by atoms with Crippen molar-refractivity contribution >= 4 is 43.7 Å². The van der Waals surface area contributed by atoms with Crippen molar-refractivity contribution in [3.63, 3.8) is 0 Å². The van der Waals surface area contributed by atoms with Gasteiger partial charge < -0.3 is 8.98 Å². The first-order valence-electron chi connectivity index (χ1n) is 18.9. The summed E-state index contributed by atoms with van der Waals surface area (Å²) in [4.78, 5) is 10.2. The number of nitrogens with zero attached hydrogens (tertiary/aromatic N) is 3. The van der Waals surface area contributed by atoms with E-state index in [1.165, 1.54) is 21.8 Å². The van der Waals surface area contributed by atoms with Gasteiger partial charge in [-0.1, -0.05) is 146 Å². The number of fused-ring (bicyclic) bond motifs is 6. The maximum absolute atomic E-state index is 6.62. The molecular weight excluding hydrogens is 683 g/mol. The molecule has 0 spiro atoms. The molecule has 0 aliphatic rings. The van der Waals surface area contributed by atoms with E-state index in [1.807, 2.05) is 36.4 Å². The largest absolute Gasteiger partial charge is 0.456 e. The fourth-order valence-corrected chi connectivity index (χ4v) is 8.17. The highest BCUT2D eigenvalue weighted by Gasteiger charge is 2.17. The molecule has 0 bridgehead atoms. The molecule has 8 aromatic carbocycles. The van der Waals surface area contributed by atoms with Gasteiger partial charge in [-0.3, -0.25) is 0 Å². The fraction of sp³-hybridized carbons (Fsp3) is 0. The normalized spacial score (nSPS) is 11.6. The summed E-state index contributed by atoms with van der Waals surface area (Å²) < 4.78 is 8.98. The van der Waals surface area contributed by atoms with Gasteiger partial charge in [-0.05, 0) is 76.9 Å². The standard InChI is InChI=1S/C52H33N3O/c1-4-14-34(15-5-1)45-33-46(35-16-6-2-7-17-35)54-52(53-45)39-19-12-18-38(30-39)41-23-13-25-49-51(41)44-29-27-37(32-50(44)56-49)36-26-28-43-42-22-10-11-24-47(42)55(48(43)31-36)40-20-8-3-9-21-40/h1-33H. The number of para-hydroxylation sites is 2. The predicted octanol–water partition coefficient (Wildman–Crippen LogP) is 13.8. The maximum Gasteiger partial charge on any atom is 0.160 e. The van der Waals surface area contributed by atoms with Crippen molar-refractivity contribution in [1.29, 1.82) is 0 Å². The van der Waals surface area contributed by atoms with Gasteiger partial charge in [-0.2, -0.15) is 0 Å². The van der Waals surface area contributed by atoms with Crippen LogP contribution in [0.3, 0.4) is 0 Å². The van der Waals surface area contributed by atoms with E-state index in [0.29, 0.717) is 5.82 Å². The van der Waals surface area contributed by atoms with Gasteiger partial charge in [0.1, 0.15) is 11.2 Å². The van der Waals surface area contributed by atoms with E-state index in [2.05, 4.69) is 168 Å². The first kappa shape index (κ1) is 31.9. The molecule has 3 aromatic heterocycles. The number of furan rings is 1. The molecule has 4 nitrogen and oxygen atoms in total. The zero-order chi connectivity index (χ0) is 37.0. The maximum atomic E-state index is 6.62. The van der Waals surface area contributed by atoms with Crippen molar-refractivity contribution in [2.75, 3.05) is 0 Å². The molecule has 3 heterocycles. The van der Waals surface area contributed by atoms with E-state index in [4.69, 9.17) is 14.4 Å². The number of rotatable bonds is 6. The monoisotopic (exact) mass is 715 g/mol. The Morgan fingerprint density at radius 3 is 1.70 bits per heavy atom. The highest BCUT2D eigenvalue weighted by atomic mass is 16.3. The van der Waals surface area contributed by atoms with Gasteiger partial charge >= 0.3 is 0 Å². The molecule has 0 aliphatic heterocycles. The minimum Gasteiger partial charge on any atom is -0.456 e. The average molecular weight is 716 g/mol. The second-order valence-corrected chi connectivity index (χ2v) is 14.2. The SMILES string of the molecule is c1ccc(-c2cc(-c3ccccc3)nc(-c3cccc(-c4cccc5oc6cc(-c7ccc8c9ccccc9n(-c9ccccc9)c8c7)ccc6c45)c3)n2)cc1. The van der Waals surface area contributed by atoms with Crippen LogP contribution in [0.2, 0.25) is 0 Å². The highest BCUT2D eigenvalue weighted by molar-refractivity contribution is 6.14. The molecule has 262 valence electrons. The van der Waals surface area contributed by atoms with Crippen molar-refractivity contribution in [1.82, 2.24) is 14.5 Å². The molecular formula is C52H33N3O. The number of hydrogen-bond acceptors (Lipinski definition) is 3. The van der Waals surface area contributed by atoms with Crippen LogP contribution in [-0.2, 0) is 0 Å². The Morgan fingerprint density at radius 2 is 0.946 bits per heavy atom. The second kappa shape index (κ2) is 13.1. The predicted molar refractivity (Wildman–Crippen MR) is 231 cm³/mol. The Morgan fingerprint density at radius 1 is 0.357 bits per heavy atom. The van der Waals surface area contributed by atoms with E-state index >= 15 is 0 Å². The van der Waals surface area contributed by atoms with E-state index < -0.39 is 0 Å².